The third-order valence-electron chi connectivity index (χ3n) is 2.75. The second-order valence-electron chi connectivity index (χ2n) is 3.86. The van der Waals surface area contributed by atoms with Crippen LogP contribution in [-0.4, -0.2) is 30.9 Å². The lowest BCUT2D eigenvalue weighted by molar-refractivity contribution is 0.173. The van der Waals surface area contributed by atoms with Crippen molar-refractivity contribution in [2.45, 2.75) is 20.0 Å². The molecule has 0 aliphatic rings. The van der Waals surface area contributed by atoms with Crippen LogP contribution < -0.4 is 10.1 Å². The molecule has 3 N–H and O–H groups in total. The number of likely N-dealkylation sites (N-methyl/N-ethyl adjacent to an activating group) is 1. The topological polar surface area (TPSA) is 61.7 Å². The van der Waals surface area contributed by atoms with E-state index < -0.39 is 6.10 Å². The number of phenolic OH excluding ortho intramolecular Hbond substituents is 1. The quantitative estimate of drug-likeness (QED) is 0.722. The first-order valence-electron chi connectivity index (χ1n) is 5.22. The molecule has 16 heavy (non-hydrogen) atoms. The Labute approximate surface area is 95.9 Å². The van der Waals surface area contributed by atoms with Gasteiger partial charge in [0.2, 0.25) is 0 Å². The maximum atomic E-state index is 9.98. The van der Waals surface area contributed by atoms with Gasteiger partial charge in [-0.3, -0.25) is 0 Å². The average molecular weight is 225 g/mol. The molecule has 1 rings (SSSR count). The van der Waals surface area contributed by atoms with Crippen LogP contribution in [0.2, 0.25) is 0 Å². The lowest BCUT2D eigenvalue weighted by Gasteiger charge is -2.17. The van der Waals surface area contributed by atoms with Crippen LogP contribution >= 0.6 is 0 Å². The van der Waals surface area contributed by atoms with Gasteiger partial charge in [0, 0.05) is 12.1 Å². The summed E-state index contributed by atoms with van der Waals surface area (Å²) in [4.78, 5) is 0. The number of hydrogen-bond donors (Lipinski definition) is 3. The second-order valence-corrected chi connectivity index (χ2v) is 3.86. The van der Waals surface area contributed by atoms with Crippen molar-refractivity contribution in [1.29, 1.82) is 0 Å². The van der Waals surface area contributed by atoms with Gasteiger partial charge in [-0.2, -0.15) is 0 Å². The number of aliphatic hydroxyl groups is 1. The summed E-state index contributed by atoms with van der Waals surface area (Å²) in [6.07, 6.45) is -0.738. The van der Waals surface area contributed by atoms with Crippen LogP contribution in [0.5, 0.6) is 11.5 Å². The van der Waals surface area contributed by atoms with E-state index in [1.54, 1.807) is 13.1 Å². The highest BCUT2D eigenvalue weighted by molar-refractivity contribution is 5.54. The van der Waals surface area contributed by atoms with E-state index in [2.05, 4.69) is 5.32 Å². The van der Waals surface area contributed by atoms with Gasteiger partial charge < -0.3 is 20.3 Å². The minimum atomic E-state index is -0.738. The normalized spacial score (nSPS) is 12.6. The largest absolute Gasteiger partial charge is 0.504 e. The number of aliphatic hydroxyl groups excluding tert-OH is 1. The molecule has 0 radical (unpaired) electrons. The van der Waals surface area contributed by atoms with Crippen molar-refractivity contribution in [1.82, 2.24) is 5.32 Å². The van der Waals surface area contributed by atoms with Crippen molar-refractivity contribution in [2.75, 3.05) is 20.7 Å². The van der Waals surface area contributed by atoms with Gasteiger partial charge in [-0.15, -0.1) is 0 Å². The van der Waals surface area contributed by atoms with E-state index in [9.17, 15) is 10.2 Å². The number of phenols is 1. The fourth-order valence-corrected chi connectivity index (χ4v) is 1.70. The molecule has 0 fully saturated rings. The summed E-state index contributed by atoms with van der Waals surface area (Å²) in [7, 11) is 3.26. The molecule has 0 amide bonds. The summed E-state index contributed by atoms with van der Waals surface area (Å²) in [6, 6.07) is 1.79. The molecule has 1 unspecified atom stereocenters. The maximum Gasteiger partial charge on any atom is 0.164 e. The fraction of sp³-hybridized carbons (Fsp3) is 0.500. The Morgan fingerprint density at radius 3 is 2.56 bits per heavy atom. The van der Waals surface area contributed by atoms with Crippen molar-refractivity contribution >= 4 is 0 Å². The minimum absolute atomic E-state index is 0.0216. The number of methoxy groups -OCH3 is 1. The summed E-state index contributed by atoms with van der Waals surface area (Å²) in [5.41, 5.74) is 2.37. The van der Waals surface area contributed by atoms with Gasteiger partial charge in [-0.05, 0) is 38.1 Å². The lowest BCUT2D eigenvalue weighted by Crippen LogP contribution is -2.17. The predicted octanol–water partition coefficient (Wildman–Crippen LogP) is 1.27. The van der Waals surface area contributed by atoms with Crippen molar-refractivity contribution in [2.24, 2.45) is 0 Å². The molecular formula is C12H19NO3. The molecule has 0 bridgehead atoms. The van der Waals surface area contributed by atoms with Crippen molar-refractivity contribution in [3.05, 3.63) is 22.8 Å². The zero-order valence-electron chi connectivity index (χ0n) is 10.2. The Morgan fingerprint density at radius 1 is 1.44 bits per heavy atom. The van der Waals surface area contributed by atoms with E-state index in [1.807, 2.05) is 13.8 Å². The summed E-state index contributed by atoms with van der Waals surface area (Å²) in [6.45, 7) is 4.19. The zero-order chi connectivity index (χ0) is 12.3. The van der Waals surface area contributed by atoms with Gasteiger partial charge in [0.05, 0.1) is 13.2 Å². The summed E-state index contributed by atoms with van der Waals surface area (Å²) in [5.74, 6) is 0.457. The molecule has 90 valence electrons. The molecule has 1 aromatic carbocycles. The van der Waals surface area contributed by atoms with Gasteiger partial charge in [-0.25, -0.2) is 0 Å². The Balaban J connectivity index is 3.25. The summed E-state index contributed by atoms with van der Waals surface area (Å²) >= 11 is 0. The molecule has 0 aliphatic carbocycles. The first-order chi connectivity index (χ1) is 7.52. The molecule has 4 nitrogen and oxygen atoms in total. The molecule has 0 aromatic heterocycles. The Bertz CT molecular complexity index is 377. The number of benzene rings is 1. The number of rotatable bonds is 4. The Kier molecular flexibility index (Phi) is 4.15. The molecule has 0 saturated heterocycles. The smallest absolute Gasteiger partial charge is 0.164 e. The van der Waals surface area contributed by atoms with E-state index >= 15 is 0 Å². The number of ether oxygens (including phenoxy) is 1. The Morgan fingerprint density at radius 2 is 2.06 bits per heavy atom. The first kappa shape index (κ1) is 12.8. The minimum Gasteiger partial charge on any atom is -0.504 e. The summed E-state index contributed by atoms with van der Waals surface area (Å²) in [5, 5.41) is 22.7. The van der Waals surface area contributed by atoms with Crippen LogP contribution in [0.4, 0.5) is 0 Å². The van der Waals surface area contributed by atoms with E-state index in [4.69, 9.17) is 4.74 Å². The van der Waals surface area contributed by atoms with Crippen molar-refractivity contribution in [3.63, 3.8) is 0 Å². The standard InChI is InChI=1S/C12H19NO3/c1-7-5-9(10(14)6-13-3)11(15)12(16-4)8(7)2/h5,10,13-15H,6H2,1-4H3. The molecular weight excluding hydrogens is 206 g/mol. The van der Waals surface area contributed by atoms with Crippen LogP contribution in [0.25, 0.3) is 0 Å². The van der Waals surface area contributed by atoms with Gasteiger partial charge in [0.15, 0.2) is 11.5 Å². The highest BCUT2D eigenvalue weighted by Gasteiger charge is 2.18. The first-order valence-corrected chi connectivity index (χ1v) is 5.22. The highest BCUT2D eigenvalue weighted by Crippen LogP contribution is 2.38. The van der Waals surface area contributed by atoms with Crippen LogP contribution in [-0.2, 0) is 0 Å². The molecule has 0 heterocycles. The van der Waals surface area contributed by atoms with Gasteiger partial charge >= 0.3 is 0 Å². The van der Waals surface area contributed by atoms with E-state index in [1.165, 1.54) is 7.11 Å². The highest BCUT2D eigenvalue weighted by atomic mass is 16.5. The van der Waals surface area contributed by atoms with Crippen molar-refractivity contribution in [3.8, 4) is 11.5 Å². The third-order valence-corrected chi connectivity index (χ3v) is 2.75. The van der Waals surface area contributed by atoms with Gasteiger partial charge in [0.1, 0.15) is 0 Å². The number of aromatic hydroxyl groups is 1. The molecule has 1 aromatic rings. The SMILES string of the molecule is CNCC(O)c1cc(C)c(C)c(OC)c1O. The number of nitrogens with one attached hydrogen (secondary N) is 1. The van der Waals surface area contributed by atoms with Crippen LogP contribution in [0, 0.1) is 13.8 Å². The maximum absolute atomic E-state index is 9.98. The van der Waals surface area contributed by atoms with Crippen LogP contribution in [0.15, 0.2) is 6.07 Å². The molecule has 1 atom stereocenters. The van der Waals surface area contributed by atoms with E-state index in [0.717, 1.165) is 11.1 Å². The van der Waals surface area contributed by atoms with Gasteiger partial charge in [-0.1, -0.05) is 0 Å². The molecule has 0 spiro atoms. The molecule has 0 saturated carbocycles. The van der Waals surface area contributed by atoms with E-state index in [-0.39, 0.29) is 5.75 Å². The predicted molar refractivity (Wildman–Crippen MR) is 63.0 cm³/mol. The average Bonchev–Trinajstić information content (AvgIpc) is 2.24. The van der Waals surface area contributed by atoms with Gasteiger partial charge in [0.25, 0.3) is 0 Å². The third kappa shape index (κ3) is 2.28. The van der Waals surface area contributed by atoms with Crippen LogP contribution in [0.3, 0.4) is 0 Å². The Hall–Kier alpha value is -1.26. The van der Waals surface area contributed by atoms with Crippen LogP contribution in [0.1, 0.15) is 22.8 Å². The van der Waals surface area contributed by atoms with Crippen molar-refractivity contribution < 1.29 is 14.9 Å². The zero-order valence-corrected chi connectivity index (χ0v) is 10.2. The lowest BCUT2D eigenvalue weighted by atomic mass is 10.00. The monoisotopic (exact) mass is 225 g/mol. The second kappa shape index (κ2) is 5.18. The number of hydrogen-bond acceptors (Lipinski definition) is 4. The number of aryl methyl sites for hydroxylation is 1. The van der Waals surface area contributed by atoms with E-state index in [0.29, 0.717) is 17.9 Å². The fourth-order valence-electron chi connectivity index (χ4n) is 1.70. The molecule has 4 heteroatoms. The molecule has 0 aliphatic heterocycles. The summed E-state index contributed by atoms with van der Waals surface area (Å²) < 4.78 is 5.14.